The monoisotopic (exact) mass is 396 g/mol. The van der Waals surface area contributed by atoms with Crippen LogP contribution in [-0.4, -0.2) is 66.0 Å². The summed E-state index contributed by atoms with van der Waals surface area (Å²) in [6, 6.07) is 9.88. The molecule has 0 bridgehead atoms. The number of rotatable bonds is 5. The first-order chi connectivity index (χ1) is 14.1. The van der Waals surface area contributed by atoms with Crippen LogP contribution in [0, 0.1) is 6.92 Å². The van der Waals surface area contributed by atoms with Crippen LogP contribution in [0.1, 0.15) is 22.9 Å². The zero-order valence-corrected chi connectivity index (χ0v) is 16.3. The van der Waals surface area contributed by atoms with Crippen molar-refractivity contribution in [2.75, 3.05) is 39.4 Å². The molecule has 2 aromatic rings. The first-order valence-corrected chi connectivity index (χ1v) is 9.75. The number of ether oxygens (including phenoxy) is 1. The maximum atomic E-state index is 12.9. The lowest BCUT2D eigenvalue weighted by atomic mass is 9.99. The summed E-state index contributed by atoms with van der Waals surface area (Å²) < 4.78 is 10.9. The number of aryl methyl sites for hydroxylation is 1. The second-order valence-electron chi connectivity index (χ2n) is 7.33. The molecular formula is C22H24N2O5. The molecule has 0 spiro atoms. The molecule has 7 heteroatoms. The number of hydrogen-bond acceptors (Lipinski definition) is 6. The number of nitrogens with zero attached hydrogens (tertiary/aromatic N) is 2. The van der Waals surface area contributed by atoms with Crippen LogP contribution in [0.25, 0.3) is 5.76 Å². The zero-order chi connectivity index (χ0) is 20.4. The minimum absolute atomic E-state index is 0.0655. The second-order valence-corrected chi connectivity index (χ2v) is 7.33. The van der Waals surface area contributed by atoms with Crippen molar-refractivity contribution < 1.29 is 23.8 Å². The van der Waals surface area contributed by atoms with Crippen LogP contribution in [0.15, 0.2) is 52.7 Å². The highest BCUT2D eigenvalue weighted by atomic mass is 16.5. The van der Waals surface area contributed by atoms with Gasteiger partial charge in [0.15, 0.2) is 0 Å². The molecule has 29 heavy (non-hydrogen) atoms. The number of carbonyl (C=O) groups excluding carboxylic acids is 2. The van der Waals surface area contributed by atoms with Gasteiger partial charge in [-0.3, -0.25) is 14.5 Å². The SMILES string of the molecule is Cc1ccc(/C(O)=C2\C(=O)C(=O)N(CCN3CCOCC3)[C@@H]2c2ccco2)cc1. The Morgan fingerprint density at radius 2 is 1.83 bits per heavy atom. The first kappa shape index (κ1) is 19.4. The number of ketones is 1. The van der Waals surface area contributed by atoms with Gasteiger partial charge in [0.05, 0.1) is 25.1 Å². The second kappa shape index (κ2) is 8.23. The summed E-state index contributed by atoms with van der Waals surface area (Å²) in [7, 11) is 0. The Hall–Kier alpha value is -2.90. The number of hydrogen-bond donors (Lipinski definition) is 1. The topological polar surface area (TPSA) is 83.2 Å². The molecule has 1 atom stereocenters. The Balaban J connectivity index is 1.68. The summed E-state index contributed by atoms with van der Waals surface area (Å²) in [5.41, 5.74) is 1.60. The molecule has 1 aromatic heterocycles. The predicted octanol–water partition coefficient (Wildman–Crippen LogP) is 2.34. The Morgan fingerprint density at radius 3 is 2.48 bits per heavy atom. The first-order valence-electron chi connectivity index (χ1n) is 9.75. The third-order valence-corrected chi connectivity index (χ3v) is 5.44. The highest BCUT2D eigenvalue weighted by Gasteiger charge is 2.47. The molecule has 2 saturated heterocycles. The van der Waals surface area contributed by atoms with E-state index in [2.05, 4.69) is 4.90 Å². The lowest BCUT2D eigenvalue weighted by Crippen LogP contribution is -2.42. The highest BCUT2D eigenvalue weighted by Crippen LogP contribution is 2.39. The fraction of sp³-hybridized carbons (Fsp3) is 0.364. The van der Waals surface area contributed by atoms with E-state index in [1.165, 1.54) is 11.2 Å². The van der Waals surface area contributed by atoms with Gasteiger partial charge in [0, 0.05) is 31.7 Å². The summed E-state index contributed by atoms with van der Waals surface area (Å²) in [6.45, 7) is 5.83. The third kappa shape index (κ3) is 3.83. The van der Waals surface area contributed by atoms with E-state index in [4.69, 9.17) is 9.15 Å². The van der Waals surface area contributed by atoms with Gasteiger partial charge in [0.1, 0.15) is 17.6 Å². The number of likely N-dealkylation sites (tertiary alicyclic amines) is 1. The molecule has 0 unspecified atom stereocenters. The zero-order valence-electron chi connectivity index (χ0n) is 16.3. The predicted molar refractivity (Wildman–Crippen MR) is 106 cm³/mol. The van der Waals surface area contributed by atoms with Gasteiger partial charge in [-0.05, 0) is 19.1 Å². The number of morpholine rings is 1. The number of amides is 1. The smallest absolute Gasteiger partial charge is 0.295 e. The van der Waals surface area contributed by atoms with Crippen LogP contribution >= 0.6 is 0 Å². The molecule has 7 nitrogen and oxygen atoms in total. The van der Waals surface area contributed by atoms with Crippen LogP contribution < -0.4 is 0 Å². The van der Waals surface area contributed by atoms with Crippen molar-refractivity contribution in [3.63, 3.8) is 0 Å². The molecule has 0 saturated carbocycles. The van der Waals surface area contributed by atoms with Crippen molar-refractivity contribution in [3.05, 3.63) is 65.1 Å². The standard InChI is InChI=1S/C22H24N2O5/c1-15-4-6-16(7-5-15)20(25)18-19(17-3-2-12-29-17)24(22(27)21(18)26)9-8-23-10-13-28-14-11-23/h2-7,12,19,25H,8-11,13-14H2,1H3/b20-18+/t19-/m1/s1. The maximum Gasteiger partial charge on any atom is 0.295 e. The molecule has 2 aliphatic heterocycles. The maximum absolute atomic E-state index is 12.9. The van der Waals surface area contributed by atoms with Crippen molar-refractivity contribution in [1.82, 2.24) is 9.80 Å². The molecule has 2 aliphatic rings. The minimum atomic E-state index is -0.743. The summed E-state index contributed by atoms with van der Waals surface area (Å²) in [4.78, 5) is 29.4. The van der Waals surface area contributed by atoms with Gasteiger partial charge in [0.25, 0.3) is 11.7 Å². The van der Waals surface area contributed by atoms with E-state index in [0.717, 1.165) is 18.7 Å². The molecule has 4 rings (SSSR count). The third-order valence-electron chi connectivity index (χ3n) is 5.44. The van der Waals surface area contributed by atoms with E-state index in [1.54, 1.807) is 24.3 Å². The fourth-order valence-corrected chi connectivity index (χ4v) is 3.79. The van der Waals surface area contributed by atoms with Crippen LogP contribution in [0.4, 0.5) is 0 Å². The molecular weight excluding hydrogens is 372 g/mol. The lowest BCUT2D eigenvalue weighted by Gasteiger charge is -2.30. The van der Waals surface area contributed by atoms with E-state index < -0.39 is 17.7 Å². The number of Topliss-reactive ketones (excluding diaryl/α,β-unsaturated/α-hetero) is 1. The van der Waals surface area contributed by atoms with Gasteiger partial charge < -0.3 is 19.2 Å². The van der Waals surface area contributed by atoms with Gasteiger partial charge in [0.2, 0.25) is 0 Å². The molecule has 2 fully saturated rings. The number of benzene rings is 1. The number of carbonyl (C=O) groups is 2. The number of aliphatic hydroxyl groups is 1. The molecule has 0 radical (unpaired) electrons. The normalized spacial score (nSPS) is 22.4. The van der Waals surface area contributed by atoms with Crippen molar-refractivity contribution in [2.24, 2.45) is 0 Å². The average molecular weight is 396 g/mol. The van der Waals surface area contributed by atoms with Crippen LogP contribution in [0.3, 0.4) is 0 Å². The van der Waals surface area contributed by atoms with Gasteiger partial charge in [-0.2, -0.15) is 0 Å². The Kier molecular flexibility index (Phi) is 5.51. The molecule has 1 amide bonds. The van der Waals surface area contributed by atoms with Gasteiger partial charge in [-0.1, -0.05) is 29.8 Å². The highest BCUT2D eigenvalue weighted by molar-refractivity contribution is 6.46. The van der Waals surface area contributed by atoms with Crippen molar-refractivity contribution in [2.45, 2.75) is 13.0 Å². The van der Waals surface area contributed by atoms with E-state index in [1.807, 2.05) is 19.1 Å². The van der Waals surface area contributed by atoms with Crippen molar-refractivity contribution in [3.8, 4) is 0 Å². The van der Waals surface area contributed by atoms with Crippen molar-refractivity contribution in [1.29, 1.82) is 0 Å². The molecule has 152 valence electrons. The van der Waals surface area contributed by atoms with Crippen molar-refractivity contribution >= 4 is 17.4 Å². The fourth-order valence-electron chi connectivity index (χ4n) is 3.79. The molecule has 1 aromatic carbocycles. The Bertz CT molecular complexity index is 911. The molecule has 1 N–H and O–H groups in total. The van der Waals surface area contributed by atoms with Gasteiger partial charge in [-0.15, -0.1) is 0 Å². The largest absolute Gasteiger partial charge is 0.507 e. The lowest BCUT2D eigenvalue weighted by molar-refractivity contribution is -0.140. The van der Waals surface area contributed by atoms with Gasteiger partial charge in [-0.25, -0.2) is 0 Å². The quantitative estimate of drug-likeness (QED) is 0.475. The van der Waals surface area contributed by atoms with Crippen LogP contribution in [0.2, 0.25) is 0 Å². The van der Waals surface area contributed by atoms with E-state index in [9.17, 15) is 14.7 Å². The van der Waals surface area contributed by atoms with E-state index in [0.29, 0.717) is 37.6 Å². The Morgan fingerprint density at radius 1 is 1.10 bits per heavy atom. The number of furan rings is 1. The van der Waals surface area contributed by atoms with E-state index in [-0.39, 0.29) is 11.3 Å². The molecule has 3 heterocycles. The van der Waals surface area contributed by atoms with Crippen LogP contribution in [-0.2, 0) is 14.3 Å². The Labute approximate surface area is 169 Å². The summed E-state index contributed by atoms with van der Waals surface area (Å²) in [6.07, 6.45) is 1.50. The summed E-state index contributed by atoms with van der Waals surface area (Å²) in [5, 5.41) is 10.9. The average Bonchev–Trinajstić information content (AvgIpc) is 3.35. The molecule has 0 aliphatic carbocycles. The number of aliphatic hydroxyl groups excluding tert-OH is 1. The summed E-state index contributed by atoms with van der Waals surface area (Å²) in [5.74, 6) is -1.03. The van der Waals surface area contributed by atoms with Gasteiger partial charge >= 0.3 is 0 Å². The van der Waals surface area contributed by atoms with Crippen LogP contribution in [0.5, 0.6) is 0 Å². The van der Waals surface area contributed by atoms with E-state index >= 15 is 0 Å². The minimum Gasteiger partial charge on any atom is -0.507 e. The summed E-state index contributed by atoms with van der Waals surface area (Å²) >= 11 is 0.